The van der Waals surface area contributed by atoms with Crippen molar-refractivity contribution in [2.45, 2.75) is 18.9 Å². The molecule has 0 aromatic heterocycles. The van der Waals surface area contributed by atoms with E-state index >= 15 is 0 Å². The standard InChI is InChI=1S/C14H17FN2O/c15-12-4-1-3-11(9-12)6-7-14(18)17-13-5-2-8-16-10-13/h1,3-4,6-7,9,13,16H,2,5,8,10H2,(H,17,18)/b7-6+/t13-/m0/s1. The molecule has 1 saturated heterocycles. The molecule has 96 valence electrons. The van der Waals surface area contributed by atoms with Crippen molar-refractivity contribution in [3.05, 3.63) is 41.7 Å². The minimum atomic E-state index is -0.297. The molecule has 1 aliphatic rings. The largest absolute Gasteiger partial charge is 0.349 e. The summed E-state index contributed by atoms with van der Waals surface area (Å²) in [6, 6.07) is 6.35. The quantitative estimate of drug-likeness (QED) is 0.799. The Bertz CT molecular complexity index is 439. The third kappa shape index (κ3) is 3.96. The Morgan fingerprint density at radius 3 is 3.11 bits per heavy atom. The molecule has 18 heavy (non-hydrogen) atoms. The van der Waals surface area contributed by atoms with E-state index in [-0.39, 0.29) is 17.8 Å². The van der Waals surface area contributed by atoms with Crippen LogP contribution in [0, 0.1) is 5.82 Å². The highest BCUT2D eigenvalue weighted by atomic mass is 19.1. The van der Waals surface area contributed by atoms with Crippen molar-refractivity contribution in [2.24, 2.45) is 0 Å². The van der Waals surface area contributed by atoms with Gasteiger partial charge in [0.25, 0.3) is 0 Å². The fraction of sp³-hybridized carbons (Fsp3) is 0.357. The van der Waals surface area contributed by atoms with Crippen LogP contribution in [-0.2, 0) is 4.79 Å². The van der Waals surface area contributed by atoms with Crippen LogP contribution in [0.3, 0.4) is 0 Å². The number of nitrogens with one attached hydrogen (secondary N) is 2. The molecule has 0 aliphatic carbocycles. The van der Waals surface area contributed by atoms with Crippen molar-refractivity contribution in [3.63, 3.8) is 0 Å². The highest BCUT2D eigenvalue weighted by molar-refractivity contribution is 5.91. The summed E-state index contributed by atoms with van der Waals surface area (Å²) < 4.78 is 12.9. The molecule has 1 aromatic carbocycles. The predicted molar refractivity (Wildman–Crippen MR) is 69.5 cm³/mol. The predicted octanol–water partition coefficient (Wildman–Crippen LogP) is 1.71. The van der Waals surface area contributed by atoms with Gasteiger partial charge in [-0.2, -0.15) is 0 Å². The molecule has 0 saturated carbocycles. The van der Waals surface area contributed by atoms with E-state index in [1.165, 1.54) is 18.2 Å². The maximum atomic E-state index is 12.9. The Labute approximate surface area is 106 Å². The Morgan fingerprint density at radius 2 is 2.39 bits per heavy atom. The lowest BCUT2D eigenvalue weighted by molar-refractivity contribution is -0.117. The molecule has 2 rings (SSSR count). The molecule has 0 radical (unpaired) electrons. The summed E-state index contributed by atoms with van der Waals surface area (Å²) in [7, 11) is 0. The van der Waals surface area contributed by atoms with Crippen molar-refractivity contribution in [1.29, 1.82) is 0 Å². The molecular formula is C14H17FN2O. The smallest absolute Gasteiger partial charge is 0.244 e. The highest BCUT2D eigenvalue weighted by Crippen LogP contribution is 2.05. The lowest BCUT2D eigenvalue weighted by atomic mass is 10.1. The van der Waals surface area contributed by atoms with Gasteiger partial charge in [-0.3, -0.25) is 4.79 Å². The summed E-state index contributed by atoms with van der Waals surface area (Å²) in [5.41, 5.74) is 0.687. The van der Waals surface area contributed by atoms with Gasteiger partial charge < -0.3 is 10.6 Å². The number of hydrogen-bond donors (Lipinski definition) is 2. The monoisotopic (exact) mass is 248 g/mol. The van der Waals surface area contributed by atoms with Crippen molar-refractivity contribution in [2.75, 3.05) is 13.1 Å². The van der Waals surface area contributed by atoms with Crippen molar-refractivity contribution < 1.29 is 9.18 Å². The fourth-order valence-electron chi connectivity index (χ4n) is 2.01. The van der Waals surface area contributed by atoms with E-state index in [9.17, 15) is 9.18 Å². The minimum Gasteiger partial charge on any atom is -0.349 e. The van der Waals surface area contributed by atoms with E-state index in [1.54, 1.807) is 18.2 Å². The van der Waals surface area contributed by atoms with Gasteiger partial charge in [0.1, 0.15) is 5.82 Å². The Hall–Kier alpha value is -1.68. The van der Waals surface area contributed by atoms with E-state index in [0.717, 1.165) is 25.9 Å². The lowest BCUT2D eigenvalue weighted by Gasteiger charge is -2.23. The van der Waals surface area contributed by atoms with E-state index < -0.39 is 0 Å². The fourth-order valence-corrected chi connectivity index (χ4v) is 2.01. The zero-order valence-corrected chi connectivity index (χ0v) is 10.2. The molecule has 1 amide bonds. The van der Waals surface area contributed by atoms with E-state index in [0.29, 0.717) is 5.56 Å². The zero-order valence-electron chi connectivity index (χ0n) is 10.2. The van der Waals surface area contributed by atoms with Crippen molar-refractivity contribution >= 4 is 12.0 Å². The first-order chi connectivity index (χ1) is 8.74. The van der Waals surface area contributed by atoms with Crippen LogP contribution < -0.4 is 10.6 Å². The zero-order chi connectivity index (χ0) is 12.8. The van der Waals surface area contributed by atoms with Gasteiger partial charge in [-0.1, -0.05) is 12.1 Å². The van der Waals surface area contributed by atoms with Crippen LogP contribution in [0.15, 0.2) is 30.3 Å². The third-order valence-electron chi connectivity index (χ3n) is 2.92. The summed E-state index contributed by atoms with van der Waals surface area (Å²) in [5.74, 6) is -0.429. The Morgan fingerprint density at radius 1 is 1.50 bits per heavy atom. The van der Waals surface area contributed by atoms with Gasteiger partial charge >= 0.3 is 0 Å². The first-order valence-corrected chi connectivity index (χ1v) is 6.19. The normalized spacial score (nSPS) is 19.9. The first kappa shape index (κ1) is 12.8. The minimum absolute atomic E-state index is 0.132. The second kappa shape index (κ2) is 6.31. The molecule has 2 N–H and O–H groups in total. The van der Waals surface area contributed by atoms with E-state index in [4.69, 9.17) is 0 Å². The number of hydrogen-bond acceptors (Lipinski definition) is 2. The SMILES string of the molecule is O=C(/C=C/c1cccc(F)c1)N[C@H]1CCCNC1. The second-order valence-corrected chi connectivity index (χ2v) is 4.44. The summed E-state index contributed by atoms with van der Waals surface area (Å²) in [6.45, 7) is 1.84. The van der Waals surface area contributed by atoms with Crippen LogP contribution in [0.5, 0.6) is 0 Å². The summed E-state index contributed by atoms with van der Waals surface area (Å²) in [6.07, 6.45) is 5.16. The summed E-state index contributed by atoms with van der Waals surface area (Å²) in [5, 5.41) is 6.15. The maximum absolute atomic E-state index is 12.9. The van der Waals surface area contributed by atoms with Crippen LogP contribution >= 0.6 is 0 Å². The molecule has 1 heterocycles. The number of benzene rings is 1. The van der Waals surface area contributed by atoms with Gasteiger partial charge in [-0.25, -0.2) is 4.39 Å². The Kier molecular flexibility index (Phi) is 4.47. The van der Waals surface area contributed by atoms with Gasteiger partial charge in [0.05, 0.1) is 0 Å². The van der Waals surface area contributed by atoms with Crippen LogP contribution in [0.1, 0.15) is 18.4 Å². The van der Waals surface area contributed by atoms with Gasteiger partial charge in [-0.15, -0.1) is 0 Å². The maximum Gasteiger partial charge on any atom is 0.244 e. The molecular weight excluding hydrogens is 231 g/mol. The average Bonchev–Trinajstić information content (AvgIpc) is 2.38. The molecule has 1 fully saturated rings. The summed E-state index contributed by atoms with van der Waals surface area (Å²) in [4.78, 5) is 11.7. The lowest BCUT2D eigenvalue weighted by Crippen LogP contribution is -2.45. The highest BCUT2D eigenvalue weighted by Gasteiger charge is 2.13. The number of piperidine rings is 1. The van der Waals surface area contributed by atoms with Gasteiger partial charge in [0.2, 0.25) is 5.91 Å². The molecule has 4 heteroatoms. The molecule has 0 bridgehead atoms. The molecule has 1 aromatic rings. The van der Waals surface area contributed by atoms with Crippen LogP contribution in [0.2, 0.25) is 0 Å². The van der Waals surface area contributed by atoms with Crippen LogP contribution in [0.4, 0.5) is 4.39 Å². The Balaban J connectivity index is 1.86. The van der Waals surface area contributed by atoms with Crippen LogP contribution in [0.25, 0.3) is 6.08 Å². The van der Waals surface area contributed by atoms with Gasteiger partial charge in [0.15, 0.2) is 0 Å². The van der Waals surface area contributed by atoms with Crippen molar-refractivity contribution in [1.82, 2.24) is 10.6 Å². The molecule has 1 aliphatic heterocycles. The molecule has 0 spiro atoms. The molecule has 1 atom stereocenters. The van der Waals surface area contributed by atoms with E-state index in [1.807, 2.05) is 0 Å². The number of halogens is 1. The number of rotatable bonds is 3. The van der Waals surface area contributed by atoms with Gasteiger partial charge in [0, 0.05) is 18.7 Å². The topological polar surface area (TPSA) is 41.1 Å². The molecule has 0 unspecified atom stereocenters. The first-order valence-electron chi connectivity index (χ1n) is 6.19. The third-order valence-corrected chi connectivity index (χ3v) is 2.92. The van der Waals surface area contributed by atoms with Gasteiger partial charge in [-0.05, 0) is 43.2 Å². The average molecular weight is 248 g/mol. The number of carbonyl (C=O) groups excluding carboxylic acids is 1. The molecule has 3 nitrogen and oxygen atoms in total. The van der Waals surface area contributed by atoms with Crippen LogP contribution in [-0.4, -0.2) is 25.0 Å². The second-order valence-electron chi connectivity index (χ2n) is 4.44. The number of amides is 1. The van der Waals surface area contributed by atoms with E-state index in [2.05, 4.69) is 10.6 Å². The van der Waals surface area contributed by atoms with Crippen molar-refractivity contribution in [3.8, 4) is 0 Å². The summed E-state index contributed by atoms with van der Waals surface area (Å²) >= 11 is 0. The number of carbonyl (C=O) groups is 1.